The van der Waals surface area contributed by atoms with Gasteiger partial charge in [-0.05, 0) is 77.4 Å². The van der Waals surface area contributed by atoms with Crippen molar-refractivity contribution in [3.8, 4) is 39.6 Å². The molecule has 0 radical (unpaired) electrons. The lowest BCUT2D eigenvalue weighted by Gasteiger charge is -2.18. The van der Waals surface area contributed by atoms with Crippen LogP contribution in [0.1, 0.15) is 22.4 Å². The first-order valence-corrected chi connectivity index (χ1v) is 18.9. The lowest BCUT2D eigenvalue weighted by Crippen LogP contribution is -2.20. The first-order valence-electron chi connectivity index (χ1n) is 18.9. The number of allylic oxidation sites excluding steroid dienone is 2. The number of methoxy groups -OCH3 is 2. The van der Waals surface area contributed by atoms with Gasteiger partial charge in [-0.1, -0.05) is 91.0 Å². The third-order valence-corrected chi connectivity index (χ3v) is 10.4. The molecule has 0 spiro atoms. The fraction of sp³-hybridized carbons (Fsp3) is 0.0816. The monoisotopic (exact) mass is 826 g/mol. The summed E-state index contributed by atoms with van der Waals surface area (Å²) in [6, 6.07) is 39.7. The maximum absolute atomic E-state index is 15.8. The molecule has 2 aromatic heterocycles. The Bertz CT molecular complexity index is 3010. The fourth-order valence-electron chi connectivity index (χ4n) is 7.70. The molecule has 0 saturated heterocycles. The molecule has 3 heterocycles. The van der Waals surface area contributed by atoms with E-state index < -0.39 is 40.5 Å². The zero-order valence-electron chi connectivity index (χ0n) is 32.3. The van der Waals surface area contributed by atoms with Crippen LogP contribution in [-0.2, 0) is 6.18 Å². The Kier molecular flexibility index (Phi) is 9.78. The summed E-state index contributed by atoms with van der Waals surface area (Å²) < 4.78 is 119. The Hall–Kier alpha value is -7.47. The smallest absolute Gasteiger partial charge is 0.419 e. The van der Waals surface area contributed by atoms with Crippen LogP contribution in [0.4, 0.5) is 26.3 Å². The lowest BCUT2D eigenvalue weighted by atomic mass is 9.92. The van der Waals surface area contributed by atoms with Gasteiger partial charge < -0.3 is 23.6 Å². The van der Waals surface area contributed by atoms with Gasteiger partial charge >= 0.3 is 12.4 Å². The number of rotatable bonds is 9. The van der Waals surface area contributed by atoms with Crippen molar-refractivity contribution in [3.63, 3.8) is 0 Å². The number of alkyl halides is 6. The van der Waals surface area contributed by atoms with Crippen LogP contribution < -0.4 is 14.2 Å². The molecular formula is C49H32F6N2O4. The number of para-hydroxylation sites is 2. The normalized spacial score (nSPS) is 14.1. The standard InChI is InChI=1S/C49H32F6N2O4/c1-58-32-24-20-30(21-25-32)42-40(48(50,51)52)38(28-12-5-3-6-13-28)44(56-42)47(61-37-19-11-17-35-34-16-9-10-18-36(34)60-46(35)37)45-39(29-14-7-4-8-15-29)41(49(53,54)55)43(57-45)31-22-26-33(59-2)27-23-31/h3-27,56H,1-2H3/b47-45+. The minimum absolute atomic E-state index is 0.0263. The van der Waals surface area contributed by atoms with Gasteiger partial charge in [0.15, 0.2) is 17.1 Å². The number of nitrogens with one attached hydrogen (secondary N) is 1. The zero-order chi connectivity index (χ0) is 42.5. The van der Waals surface area contributed by atoms with Crippen LogP contribution in [0.2, 0.25) is 0 Å². The second-order valence-electron chi connectivity index (χ2n) is 14.0. The van der Waals surface area contributed by atoms with E-state index in [9.17, 15) is 0 Å². The molecule has 8 aromatic rings. The molecule has 1 N–H and O–H groups in total. The Labute approximate surface area is 344 Å². The van der Waals surface area contributed by atoms with E-state index in [2.05, 4.69) is 4.98 Å². The SMILES string of the molecule is COc1ccc(C2=N/C(=C(/Oc3cccc4c3oc3ccccc34)c3[nH]c(-c4ccc(OC)cc4)c(C(F)(F)F)c3-c3ccccc3)C(c3ccccc3)=C2C(F)(F)F)cc1. The van der Waals surface area contributed by atoms with E-state index >= 15 is 26.3 Å². The highest BCUT2D eigenvalue weighted by Crippen LogP contribution is 2.52. The van der Waals surface area contributed by atoms with Gasteiger partial charge in [0.2, 0.25) is 0 Å². The van der Waals surface area contributed by atoms with Crippen LogP contribution in [0.3, 0.4) is 0 Å². The highest BCUT2D eigenvalue weighted by Gasteiger charge is 2.47. The summed E-state index contributed by atoms with van der Waals surface area (Å²) in [5.74, 6) is 0.409. The summed E-state index contributed by atoms with van der Waals surface area (Å²) in [5.41, 5.74) is -3.27. The molecule has 0 unspecified atom stereocenters. The van der Waals surface area contributed by atoms with Crippen molar-refractivity contribution in [3.05, 3.63) is 185 Å². The summed E-state index contributed by atoms with van der Waals surface area (Å²) >= 11 is 0. The molecule has 1 aliphatic heterocycles. The number of fused-ring (bicyclic) bond motifs is 3. The number of hydrogen-bond donors (Lipinski definition) is 1. The molecule has 1 aliphatic rings. The molecule has 9 rings (SSSR count). The first kappa shape index (κ1) is 39.0. The second kappa shape index (κ2) is 15.3. The fourth-order valence-corrected chi connectivity index (χ4v) is 7.70. The van der Waals surface area contributed by atoms with E-state index in [1.54, 1.807) is 66.7 Å². The number of H-pyrrole nitrogens is 1. The van der Waals surface area contributed by atoms with Crippen molar-refractivity contribution < 1.29 is 45.0 Å². The van der Waals surface area contributed by atoms with Crippen LogP contribution in [0.5, 0.6) is 17.2 Å². The first-order chi connectivity index (χ1) is 29.4. The van der Waals surface area contributed by atoms with Crippen LogP contribution in [0.15, 0.2) is 172 Å². The number of hydrogen-bond acceptors (Lipinski definition) is 5. The molecule has 0 atom stereocenters. The summed E-state index contributed by atoms with van der Waals surface area (Å²) in [4.78, 5) is 7.75. The van der Waals surface area contributed by atoms with Crippen molar-refractivity contribution in [1.29, 1.82) is 0 Å². The van der Waals surface area contributed by atoms with E-state index in [4.69, 9.17) is 23.6 Å². The van der Waals surface area contributed by atoms with Gasteiger partial charge in [0.05, 0.1) is 42.5 Å². The van der Waals surface area contributed by atoms with Crippen molar-refractivity contribution in [2.45, 2.75) is 12.4 Å². The minimum Gasteiger partial charge on any atom is -0.497 e. The number of aliphatic imine (C=N–C) groups is 1. The molecule has 61 heavy (non-hydrogen) atoms. The molecule has 304 valence electrons. The number of aromatic amines is 1. The van der Waals surface area contributed by atoms with Crippen LogP contribution >= 0.6 is 0 Å². The molecule has 0 aliphatic carbocycles. The highest BCUT2D eigenvalue weighted by atomic mass is 19.4. The van der Waals surface area contributed by atoms with E-state index in [-0.39, 0.29) is 56.2 Å². The number of aromatic nitrogens is 1. The zero-order valence-corrected chi connectivity index (χ0v) is 32.3. The minimum atomic E-state index is -5.01. The number of furan rings is 1. The van der Waals surface area contributed by atoms with Gasteiger partial charge in [-0.15, -0.1) is 0 Å². The third kappa shape index (κ3) is 7.09. The molecule has 0 fully saturated rings. The Morgan fingerprint density at radius 1 is 0.574 bits per heavy atom. The number of nitrogens with zero attached hydrogens (tertiary/aromatic N) is 1. The Morgan fingerprint density at radius 3 is 1.75 bits per heavy atom. The van der Waals surface area contributed by atoms with Crippen molar-refractivity contribution in [2.24, 2.45) is 4.99 Å². The van der Waals surface area contributed by atoms with Crippen molar-refractivity contribution in [2.75, 3.05) is 14.2 Å². The summed E-state index contributed by atoms with van der Waals surface area (Å²) in [6.07, 6.45) is -10.0. The van der Waals surface area contributed by atoms with Gasteiger partial charge in [-0.25, -0.2) is 4.99 Å². The van der Waals surface area contributed by atoms with E-state index in [0.717, 1.165) is 5.39 Å². The van der Waals surface area contributed by atoms with E-state index in [0.29, 0.717) is 22.5 Å². The topological polar surface area (TPSA) is 69.0 Å². The summed E-state index contributed by atoms with van der Waals surface area (Å²) in [5, 5.41) is 1.35. The van der Waals surface area contributed by atoms with Gasteiger partial charge in [0.25, 0.3) is 0 Å². The largest absolute Gasteiger partial charge is 0.497 e. The molecule has 6 nitrogen and oxygen atoms in total. The number of ether oxygens (including phenoxy) is 3. The predicted octanol–water partition coefficient (Wildman–Crippen LogP) is 13.6. The maximum Gasteiger partial charge on any atom is 0.419 e. The molecular weight excluding hydrogens is 795 g/mol. The Balaban J connectivity index is 1.45. The van der Waals surface area contributed by atoms with E-state index in [1.807, 2.05) is 12.1 Å². The molecule has 6 aromatic carbocycles. The van der Waals surface area contributed by atoms with Crippen LogP contribution in [0, 0.1) is 0 Å². The van der Waals surface area contributed by atoms with Gasteiger partial charge in [-0.2, -0.15) is 26.3 Å². The average molecular weight is 827 g/mol. The van der Waals surface area contributed by atoms with Gasteiger partial charge in [0.1, 0.15) is 22.8 Å². The summed E-state index contributed by atoms with van der Waals surface area (Å²) in [6.45, 7) is 0. The predicted molar refractivity (Wildman–Crippen MR) is 223 cm³/mol. The van der Waals surface area contributed by atoms with Crippen LogP contribution in [0.25, 0.3) is 55.7 Å². The molecule has 12 heteroatoms. The van der Waals surface area contributed by atoms with E-state index in [1.165, 1.54) is 87.0 Å². The third-order valence-electron chi connectivity index (χ3n) is 10.4. The quantitative estimate of drug-likeness (QED) is 0.116. The van der Waals surface area contributed by atoms with Crippen molar-refractivity contribution >= 4 is 39.0 Å². The number of benzene rings is 6. The second-order valence-corrected chi connectivity index (χ2v) is 14.0. The average Bonchev–Trinajstić information content (AvgIpc) is 3.99. The number of halogens is 6. The van der Waals surface area contributed by atoms with Crippen LogP contribution in [-0.4, -0.2) is 31.1 Å². The highest BCUT2D eigenvalue weighted by molar-refractivity contribution is 6.24. The lowest BCUT2D eigenvalue weighted by molar-refractivity contribution is -0.136. The summed E-state index contributed by atoms with van der Waals surface area (Å²) in [7, 11) is 2.86. The molecule has 0 bridgehead atoms. The van der Waals surface area contributed by atoms with Gasteiger partial charge in [0, 0.05) is 27.5 Å². The maximum atomic E-state index is 15.8. The van der Waals surface area contributed by atoms with Gasteiger partial charge in [-0.3, -0.25) is 0 Å². The Morgan fingerprint density at radius 2 is 1.15 bits per heavy atom. The molecule has 0 amide bonds. The molecule has 0 saturated carbocycles. The van der Waals surface area contributed by atoms with Crippen molar-refractivity contribution in [1.82, 2.24) is 4.98 Å².